The zero-order chi connectivity index (χ0) is 12.5. The molecule has 4 heteroatoms. The van der Waals surface area contributed by atoms with Gasteiger partial charge in [-0.3, -0.25) is 0 Å². The minimum Gasteiger partial charge on any atom is -0.369 e. The number of hydrogen-bond acceptors (Lipinski definition) is 2. The molecule has 2 heterocycles. The maximum atomic E-state index is 4.73. The van der Waals surface area contributed by atoms with Crippen LogP contribution in [-0.2, 0) is 6.42 Å². The van der Waals surface area contributed by atoms with Crippen LogP contribution in [0.5, 0.6) is 0 Å². The molecule has 0 saturated carbocycles. The predicted molar refractivity (Wildman–Crippen MR) is 77.0 cm³/mol. The fraction of sp³-hybridized carbons (Fsp3) is 0.357. The van der Waals surface area contributed by atoms with Crippen molar-refractivity contribution in [1.29, 1.82) is 0 Å². The van der Waals surface area contributed by atoms with Crippen molar-refractivity contribution in [3.05, 3.63) is 46.1 Å². The highest BCUT2D eigenvalue weighted by Crippen LogP contribution is 2.35. The Morgan fingerprint density at radius 1 is 1.39 bits per heavy atom. The Labute approximate surface area is 115 Å². The number of rotatable bonds is 2. The lowest BCUT2D eigenvalue weighted by Gasteiger charge is -2.26. The number of halogens is 1. The first kappa shape index (κ1) is 11.8. The second-order valence-electron chi connectivity index (χ2n) is 4.55. The number of nitrogens with one attached hydrogen (secondary N) is 1. The summed E-state index contributed by atoms with van der Waals surface area (Å²) >= 11 is 3.65. The molecule has 0 radical (unpaired) electrons. The van der Waals surface area contributed by atoms with E-state index in [1.807, 2.05) is 0 Å². The molecule has 3 nitrogen and oxygen atoms in total. The molecular formula is C14H16BrN3. The molecule has 1 unspecified atom stereocenters. The van der Waals surface area contributed by atoms with Gasteiger partial charge in [0.2, 0.25) is 0 Å². The van der Waals surface area contributed by atoms with Gasteiger partial charge in [0.25, 0.3) is 0 Å². The summed E-state index contributed by atoms with van der Waals surface area (Å²) in [6, 6.07) is 11.0. The van der Waals surface area contributed by atoms with Crippen molar-refractivity contribution in [3.63, 3.8) is 0 Å². The maximum absolute atomic E-state index is 4.73. The third-order valence-corrected chi connectivity index (χ3v) is 4.28. The zero-order valence-corrected chi connectivity index (χ0v) is 11.9. The van der Waals surface area contributed by atoms with E-state index >= 15 is 0 Å². The Bertz CT molecular complexity index is 548. The maximum Gasteiger partial charge on any atom is 0.139 e. The first-order valence-electron chi connectivity index (χ1n) is 6.37. The predicted octanol–water partition coefficient (Wildman–Crippen LogP) is 3.61. The van der Waals surface area contributed by atoms with Gasteiger partial charge >= 0.3 is 0 Å². The van der Waals surface area contributed by atoms with Crippen LogP contribution in [0, 0.1) is 0 Å². The Kier molecular flexibility index (Phi) is 3.12. The summed E-state index contributed by atoms with van der Waals surface area (Å²) in [5.41, 5.74) is 2.46. The third kappa shape index (κ3) is 1.85. The number of hydrogen-bond donors (Lipinski definition) is 1. The second kappa shape index (κ2) is 4.76. The Morgan fingerprint density at radius 3 is 2.89 bits per heavy atom. The molecule has 3 rings (SSSR count). The number of fused-ring (bicyclic) bond motifs is 1. The Balaban J connectivity index is 2.07. The van der Waals surface area contributed by atoms with E-state index in [2.05, 4.69) is 63.2 Å². The van der Waals surface area contributed by atoms with Crippen LogP contribution in [-0.4, -0.2) is 16.3 Å². The number of aryl methyl sites for hydroxylation is 1. The molecule has 0 spiro atoms. The van der Waals surface area contributed by atoms with Crippen LogP contribution in [0.25, 0.3) is 0 Å². The molecule has 0 saturated heterocycles. The molecule has 0 aliphatic carbocycles. The number of benzene rings is 1. The zero-order valence-electron chi connectivity index (χ0n) is 10.4. The Hall–Kier alpha value is -1.29. The molecule has 1 aromatic heterocycles. The quantitative estimate of drug-likeness (QED) is 0.918. The highest BCUT2D eigenvalue weighted by Gasteiger charge is 2.25. The van der Waals surface area contributed by atoms with Gasteiger partial charge in [-0.05, 0) is 34.3 Å². The lowest BCUT2D eigenvalue weighted by atomic mass is 10.0. The highest BCUT2D eigenvalue weighted by atomic mass is 79.9. The standard InChI is InChI=1S/C14H16BrN3/c1-2-11-13(15)14-16-9-8-12(18(14)17-11)10-6-4-3-5-7-10/h3-7,12,16H,2,8-9H2,1H3. The van der Waals surface area contributed by atoms with Crippen molar-refractivity contribution in [2.24, 2.45) is 0 Å². The average molecular weight is 306 g/mol. The average Bonchev–Trinajstić information content (AvgIpc) is 2.77. The van der Waals surface area contributed by atoms with Gasteiger partial charge in [-0.2, -0.15) is 5.10 Å². The van der Waals surface area contributed by atoms with E-state index in [4.69, 9.17) is 5.10 Å². The van der Waals surface area contributed by atoms with Crippen LogP contribution >= 0.6 is 15.9 Å². The van der Waals surface area contributed by atoms with Crippen molar-refractivity contribution >= 4 is 21.7 Å². The minimum atomic E-state index is 0.346. The van der Waals surface area contributed by atoms with Gasteiger partial charge in [0.1, 0.15) is 5.82 Å². The summed E-state index contributed by atoms with van der Waals surface area (Å²) in [6.07, 6.45) is 2.03. The second-order valence-corrected chi connectivity index (χ2v) is 5.34. The van der Waals surface area contributed by atoms with E-state index in [1.165, 1.54) is 5.56 Å². The van der Waals surface area contributed by atoms with Gasteiger partial charge in [-0.1, -0.05) is 37.3 Å². The van der Waals surface area contributed by atoms with Gasteiger partial charge in [-0.15, -0.1) is 0 Å². The summed E-state index contributed by atoms with van der Waals surface area (Å²) < 4.78 is 3.24. The fourth-order valence-corrected chi connectivity index (χ4v) is 3.19. The van der Waals surface area contributed by atoms with Crippen LogP contribution in [0.4, 0.5) is 5.82 Å². The van der Waals surface area contributed by atoms with Crippen molar-refractivity contribution in [3.8, 4) is 0 Å². The molecule has 1 N–H and O–H groups in total. The summed E-state index contributed by atoms with van der Waals surface area (Å²) in [4.78, 5) is 0. The summed E-state index contributed by atoms with van der Waals surface area (Å²) in [5.74, 6) is 1.12. The highest BCUT2D eigenvalue weighted by molar-refractivity contribution is 9.10. The van der Waals surface area contributed by atoms with Crippen molar-refractivity contribution in [1.82, 2.24) is 9.78 Å². The number of nitrogens with zero attached hydrogens (tertiary/aromatic N) is 2. The van der Waals surface area contributed by atoms with Gasteiger partial charge in [0.05, 0.1) is 16.2 Å². The summed E-state index contributed by atoms with van der Waals surface area (Å²) in [6.45, 7) is 3.13. The molecule has 2 aromatic rings. The van der Waals surface area contributed by atoms with Gasteiger partial charge < -0.3 is 5.32 Å². The fourth-order valence-electron chi connectivity index (χ4n) is 2.50. The molecule has 1 aromatic carbocycles. The number of aromatic nitrogens is 2. The first-order chi connectivity index (χ1) is 8.81. The summed E-state index contributed by atoms with van der Waals surface area (Å²) in [7, 11) is 0. The monoisotopic (exact) mass is 305 g/mol. The number of anilines is 1. The van der Waals surface area contributed by atoms with E-state index in [0.29, 0.717) is 6.04 Å². The van der Waals surface area contributed by atoms with Gasteiger partial charge in [0, 0.05) is 6.54 Å². The minimum absolute atomic E-state index is 0.346. The molecule has 1 atom stereocenters. The molecule has 1 aliphatic rings. The topological polar surface area (TPSA) is 29.9 Å². The lowest BCUT2D eigenvalue weighted by molar-refractivity contribution is 0.478. The molecule has 0 amide bonds. The molecule has 0 bridgehead atoms. The van der Waals surface area contributed by atoms with Crippen LogP contribution in [0.3, 0.4) is 0 Å². The van der Waals surface area contributed by atoms with E-state index in [1.54, 1.807) is 0 Å². The van der Waals surface area contributed by atoms with Gasteiger partial charge in [0.15, 0.2) is 0 Å². The van der Waals surface area contributed by atoms with Gasteiger partial charge in [-0.25, -0.2) is 4.68 Å². The smallest absolute Gasteiger partial charge is 0.139 e. The SMILES string of the molecule is CCc1nn2c(c1Br)NCCC2c1ccccc1. The van der Waals surface area contributed by atoms with Crippen molar-refractivity contribution in [2.45, 2.75) is 25.8 Å². The van der Waals surface area contributed by atoms with Crippen LogP contribution < -0.4 is 5.32 Å². The van der Waals surface area contributed by atoms with Crippen LogP contribution in [0.15, 0.2) is 34.8 Å². The van der Waals surface area contributed by atoms with Crippen molar-refractivity contribution in [2.75, 3.05) is 11.9 Å². The van der Waals surface area contributed by atoms with Crippen LogP contribution in [0.1, 0.15) is 30.6 Å². The van der Waals surface area contributed by atoms with E-state index < -0.39 is 0 Å². The Morgan fingerprint density at radius 2 is 2.17 bits per heavy atom. The summed E-state index contributed by atoms with van der Waals surface area (Å²) in [5, 5.41) is 8.17. The lowest BCUT2D eigenvalue weighted by Crippen LogP contribution is -2.24. The molecule has 18 heavy (non-hydrogen) atoms. The third-order valence-electron chi connectivity index (χ3n) is 3.44. The first-order valence-corrected chi connectivity index (χ1v) is 7.16. The van der Waals surface area contributed by atoms with E-state index in [0.717, 1.165) is 35.4 Å². The molecule has 0 fully saturated rings. The molecule has 1 aliphatic heterocycles. The normalized spacial score (nSPS) is 18.2. The van der Waals surface area contributed by atoms with Crippen LogP contribution in [0.2, 0.25) is 0 Å². The largest absolute Gasteiger partial charge is 0.369 e. The van der Waals surface area contributed by atoms with E-state index in [9.17, 15) is 0 Å². The van der Waals surface area contributed by atoms with E-state index in [-0.39, 0.29) is 0 Å². The molecular weight excluding hydrogens is 290 g/mol. The molecule has 94 valence electrons. The van der Waals surface area contributed by atoms with Crippen molar-refractivity contribution < 1.29 is 0 Å².